The summed E-state index contributed by atoms with van der Waals surface area (Å²) in [5.74, 6) is 0. The van der Waals surface area contributed by atoms with Gasteiger partial charge >= 0.3 is 36.3 Å². The topological polar surface area (TPSA) is 26.3 Å². The van der Waals surface area contributed by atoms with Crippen LogP contribution in [0.1, 0.15) is 0 Å². The van der Waals surface area contributed by atoms with E-state index in [2.05, 4.69) is 4.74 Å². The van der Waals surface area contributed by atoms with E-state index in [0.29, 0.717) is 5.47 Å². The third kappa shape index (κ3) is 4.29. The van der Waals surface area contributed by atoms with Crippen LogP contribution >= 0.6 is 0 Å². The molecule has 0 saturated carbocycles. The standard InChI is InChI=1S/C2H5O.Al.O/c1-3-2;;/h1H2,2H3;;. The molecule has 0 saturated heterocycles. The van der Waals surface area contributed by atoms with Crippen molar-refractivity contribution < 1.29 is 8.54 Å². The molecule has 0 aromatic rings. The number of ether oxygens (including phenoxy) is 1. The van der Waals surface area contributed by atoms with E-state index in [1.807, 2.05) is 0 Å². The fourth-order valence-corrected chi connectivity index (χ4v) is 0.204. The van der Waals surface area contributed by atoms with Gasteiger partial charge in [0.15, 0.2) is 0 Å². The summed E-state index contributed by atoms with van der Waals surface area (Å²) in [6.45, 7) is 0. The monoisotopic (exact) mass is 88.0 g/mol. The van der Waals surface area contributed by atoms with Gasteiger partial charge in [-0.05, 0) is 0 Å². The number of hydrogen-bond donors (Lipinski definition) is 0. The molecular weight excluding hydrogens is 83.0 g/mol. The minimum absolute atomic E-state index is 0.417. The first-order valence-corrected chi connectivity index (χ1v) is 2.63. The number of rotatable bonds is 2. The van der Waals surface area contributed by atoms with Gasteiger partial charge < -0.3 is 0 Å². The molecule has 5 heavy (non-hydrogen) atoms. The Hall–Kier alpha value is 0.292. The third-order valence-corrected chi connectivity index (χ3v) is 0.704. The van der Waals surface area contributed by atoms with E-state index in [0.717, 1.165) is 0 Å². The molecule has 0 aromatic carbocycles. The van der Waals surface area contributed by atoms with Gasteiger partial charge in [0, 0.05) is 0 Å². The molecule has 0 unspecified atom stereocenters. The second kappa shape index (κ2) is 4.29. The van der Waals surface area contributed by atoms with Crippen LogP contribution < -0.4 is 0 Å². The molecule has 0 aliphatic rings. The van der Waals surface area contributed by atoms with Gasteiger partial charge in [0.05, 0.1) is 0 Å². The van der Waals surface area contributed by atoms with Gasteiger partial charge in [0.25, 0.3) is 0 Å². The van der Waals surface area contributed by atoms with Crippen LogP contribution in [0.2, 0.25) is 0 Å². The molecule has 0 heterocycles. The molecule has 3 heteroatoms. The van der Waals surface area contributed by atoms with E-state index in [-0.39, 0.29) is 0 Å². The Morgan fingerprint density at radius 1 is 2.00 bits per heavy atom. The Morgan fingerprint density at radius 2 is 2.60 bits per heavy atom. The van der Waals surface area contributed by atoms with Crippen LogP contribution in [0.15, 0.2) is 0 Å². The maximum atomic E-state index is 9.49. The zero-order valence-corrected chi connectivity index (χ0v) is 4.26. The molecule has 0 amide bonds. The third-order valence-electron chi connectivity index (χ3n) is 0.235. The summed E-state index contributed by atoms with van der Waals surface area (Å²) >= 11 is -0.686. The summed E-state index contributed by atoms with van der Waals surface area (Å²) in [7, 11) is 1.53. The predicted octanol–water partition coefficient (Wildman–Crippen LogP) is -0.360. The zero-order chi connectivity index (χ0) is 4.12. The Bertz CT molecular complexity index is 28.8. The summed E-state index contributed by atoms with van der Waals surface area (Å²) in [6, 6.07) is 0. The maximum absolute atomic E-state index is 9.49. The van der Waals surface area contributed by atoms with Crippen molar-refractivity contribution in [3.05, 3.63) is 0 Å². The molecule has 0 rings (SSSR count). The van der Waals surface area contributed by atoms with Crippen LogP contribution in [-0.4, -0.2) is 27.7 Å². The summed E-state index contributed by atoms with van der Waals surface area (Å²) in [5, 5.41) is 0. The minimum atomic E-state index is -0.686. The first kappa shape index (κ1) is 5.29. The molecule has 0 bridgehead atoms. The fraction of sp³-hybridized carbons (Fsp3) is 1.00. The quantitative estimate of drug-likeness (QED) is 0.431. The van der Waals surface area contributed by atoms with Gasteiger partial charge in [-0.2, -0.15) is 0 Å². The SMILES string of the molecule is CO[CH2][Al]=[O]. The van der Waals surface area contributed by atoms with E-state index < -0.39 is 15.2 Å². The molecule has 2 nitrogen and oxygen atoms in total. The summed E-state index contributed by atoms with van der Waals surface area (Å²) in [5.41, 5.74) is 0.417. The Balaban J connectivity index is 2.40. The van der Waals surface area contributed by atoms with Crippen molar-refractivity contribution in [1.82, 2.24) is 0 Å². The van der Waals surface area contributed by atoms with E-state index in [1.54, 1.807) is 0 Å². The van der Waals surface area contributed by atoms with Crippen LogP contribution in [0.25, 0.3) is 0 Å². The van der Waals surface area contributed by atoms with Crippen molar-refractivity contribution in [1.29, 1.82) is 0 Å². The molecule has 0 radical (unpaired) electrons. The van der Waals surface area contributed by atoms with E-state index in [1.165, 1.54) is 7.11 Å². The summed E-state index contributed by atoms with van der Waals surface area (Å²) < 4.78 is 13.9. The molecule has 0 fully saturated rings. The van der Waals surface area contributed by atoms with Crippen molar-refractivity contribution in [2.45, 2.75) is 0 Å². The molecule has 0 atom stereocenters. The predicted molar refractivity (Wildman–Crippen MR) is 18.3 cm³/mol. The van der Waals surface area contributed by atoms with Crippen LogP contribution in [0.3, 0.4) is 0 Å². The van der Waals surface area contributed by atoms with Crippen LogP contribution in [0, 0.1) is 0 Å². The Kier molecular flexibility index (Phi) is 4.54. The number of hydrogen-bond acceptors (Lipinski definition) is 2. The van der Waals surface area contributed by atoms with Crippen molar-refractivity contribution >= 4 is 15.2 Å². The molecule has 0 aliphatic heterocycles. The van der Waals surface area contributed by atoms with Crippen molar-refractivity contribution in [2.75, 3.05) is 12.6 Å². The molecule has 28 valence electrons. The van der Waals surface area contributed by atoms with Gasteiger partial charge in [-0.15, -0.1) is 0 Å². The molecule has 0 spiro atoms. The van der Waals surface area contributed by atoms with Crippen LogP contribution in [0.5, 0.6) is 0 Å². The van der Waals surface area contributed by atoms with Gasteiger partial charge in [-0.1, -0.05) is 0 Å². The van der Waals surface area contributed by atoms with Gasteiger partial charge in [-0.3, -0.25) is 0 Å². The van der Waals surface area contributed by atoms with Crippen LogP contribution in [-0.2, 0) is 8.54 Å². The molecule has 0 N–H and O–H groups in total. The summed E-state index contributed by atoms with van der Waals surface area (Å²) in [4.78, 5) is 0. The van der Waals surface area contributed by atoms with Crippen molar-refractivity contribution in [3.8, 4) is 0 Å². The Morgan fingerprint density at radius 3 is 2.60 bits per heavy atom. The van der Waals surface area contributed by atoms with Gasteiger partial charge in [-0.25, -0.2) is 0 Å². The van der Waals surface area contributed by atoms with Crippen molar-refractivity contribution in [2.24, 2.45) is 0 Å². The van der Waals surface area contributed by atoms with E-state index >= 15 is 0 Å². The fourth-order valence-electron chi connectivity index (χ4n) is 0.0680. The average molecular weight is 88.0 g/mol. The summed E-state index contributed by atoms with van der Waals surface area (Å²) in [6.07, 6.45) is 0. The van der Waals surface area contributed by atoms with E-state index in [4.69, 9.17) is 0 Å². The molecule has 0 aromatic heterocycles. The number of methoxy groups -OCH3 is 1. The van der Waals surface area contributed by atoms with Gasteiger partial charge in [0.1, 0.15) is 0 Å². The molecular formula is C2H5AlO2. The average Bonchev–Trinajstić information content (AvgIpc) is 1.41. The first-order chi connectivity index (χ1) is 2.41. The Labute approximate surface area is 37.1 Å². The van der Waals surface area contributed by atoms with Gasteiger partial charge in [0.2, 0.25) is 0 Å². The molecule has 0 aliphatic carbocycles. The first-order valence-electron chi connectivity index (χ1n) is 1.34. The van der Waals surface area contributed by atoms with Crippen LogP contribution in [0.4, 0.5) is 0 Å². The second-order valence-electron chi connectivity index (χ2n) is 0.622. The van der Waals surface area contributed by atoms with E-state index in [9.17, 15) is 3.80 Å². The zero-order valence-electron chi connectivity index (χ0n) is 3.10. The second-order valence-corrected chi connectivity index (χ2v) is 1.29. The normalized spacial score (nSPS) is 6.60. The van der Waals surface area contributed by atoms with Crippen molar-refractivity contribution in [3.63, 3.8) is 0 Å².